The highest BCUT2D eigenvalue weighted by atomic mass is 127. The van der Waals surface area contributed by atoms with Crippen molar-refractivity contribution < 1.29 is 4.79 Å². The number of likely N-dealkylation sites (tertiary alicyclic amines) is 1. The van der Waals surface area contributed by atoms with Crippen molar-refractivity contribution in [2.75, 3.05) is 19.6 Å². The van der Waals surface area contributed by atoms with Gasteiger partial charge in [0.1, 0.15) is 0 Å². The summed E-state index contributed by atoms with van der Waals surface area (Å²) >= 11 is 2.25. The van der Waals surface area contributed by atoms with Gasteiger partial charge in [0.05, 0.1) is 6.04 Å². The third kappa shape index (κ3) is 4.54. The molecule has 23 heavy (non-hydrogen) atoms. The minimum atomic E-state index is -0.00514. The van der Waals surface area contributed by atoms with E-state index in [1.807, 2.05) is 42.5 Å². The maximum Gasteiger partial charge on any atom is 0.251 e. The number of rotatable bonds is 5. The van der Waals surface area contributed by atoms with Crippen LogP contribution in [-0.2, 0) is 0 Å². The molecule has 0 aliphatic carbocycles. The molecule has 2 aromatic carbocycles. The van der Waals surface area contributed by atoms with E-state index >= 15 is 0 Å². The van der Waals surface area contributed by atoms with Gasteiger partial charge in [0.25, 0.3) is 5.91 Å². The standard InChI is InChI=1S/C19H21IN2O/c20-17-10-8-16(9-11-17)19(23)21-18(14-22-12-4-5-13-22)15-6-2-1-3-7-15/h1-3,6-11,18H,4-5,12-14H2,(H,21,23). The van der Waals surface area contributed by atoms with Crippen LogP contribution in [0, 0.1) is 3.57 Å². The number of carbonyl (C=O) groups is 1. The third-order valence-corrected chi connectivity index (χ3v) is 4.97. The summed E-state index contributed by atoms with van der Waals surface area (Å²) in [5.74, 6) is -0.00514. The summed E-state index contributed by atoms with van der Waals surface area (Å²) < 4.78 is 1.14. The highest BCUT2D eigenvalue weighted by molar-refractivity contribution is 14.1. The molecule has 0 saturated carbocycles. The van der Waals surface area contributed by atoms with Crippen molar-refractivity contribution in [1.29, 1.82) is 0 Å². The van der Waals surface area contributed by atoms with E-state index in [-0.39, 0.29) is 11.9 Å². The van der Waals surface area contributed by atoms with Gasteiger partial charge in [0.15, 0.2) is 0 Å². The van der Waals surface area contributed by atoms with Gasteiger partial charge in [-0.3, -0.25) is 4.79 Å². The van der Waals surface area contributed by atoms with Crippen LogP contribution in [0.5, 0.6) is 0 Å². The van der Waals surface area contributed by atoms with E-state index in [1.165, 1.54) is 18.4 Å². The molecule has 0 radical (unpaired) electrons. The molecule has 1 unspecified atom stereocenters. The summed E-state index contributed by atoms with van der Waals surface area (Å²) in [6.45, 7) is 3.13. The summed E-state index contributed by atoms with van der Waals surface area (Å²) in [4.78, 5) is 15.0. The molecular formula is C19H21IN2O. The highest BCUT2D eigenvalue weighted by Crippen LogP contribution is 2.18. The van der Waals surface area contributed by atoms with E-state index in [9.17, 15) is 4.79 Å². The zero-order chi connectivity index (χ0) is 16.1. The van der Waals surface area contributed by atoms with Crippen LogP contribution in [0.3, 0.4) is 0 Å². The van der Waals surface area contributed by atoms with Crippen LogP contribution in [0.1, 0.15) is 34.8 Å². The van der Waals surface area contributed by atoms with E-state index in [4.69, 9.17) is 0 Å². The van der Waals surface area contributed by atoms with Crippen LogP contribution in [0.2, 0.25) is 0 Å². The van der Waals surface area contributed by atoms with Crippen molar-refractivity contribution in [1.82, 2.24) is 10.2 Å². The number of hydrogen-bond donors (Lipinski definition) is 1. The Kier molecular flexibility index (Phi) is 5.67. The van der Waals surface area contributed by atoms with Gasteiger partial charge in [-0.25, -0.2) is 0 Å². The first kappa shape index (κ1) is 16.5. The summed E-state index contributed by atoms with van der Waals surface area (Å²) in [6.07, 6.45) is 2.51. The van der Waals surface area contributed by atoms with Crippen LogP contribution in [0.4, 0.5) is 0 Å². The van der Waals surface area contributed by atoms with Gasteiger partial charge in [0.2, 0.25) is 0 Å². The topological polar surface area (TPSA) is 32.3 Å². The average Bonchev–Trinajstić information content (AvgIpc) is 3.09. The number of nitrogens with zero attached hydrogens (tertiary/aromatic N) is 1. The molecule has 3 rings (SSSR count). The van der Waals surface area contributed by atoms with Gasteiger partial charge in [0, 0.05) is 15.7 Å². The number of benzene rings is 2. The Labute approximate surface area is 151 Å². The van der Waals surface area contributed by atoms with E-state index in [1.54, 1.807) is 0 Å². The summed E-state index contributed by atoms with van der Waals surface area (Å²) in [7, 11) is 0. The fourth-order valence-corrected chi connectivity index (χ4v) is 3.35. The molecule has 3 nitrogen and oxygen atoms in total. The molecule has 1 heterocycles. The fourth-order valence-electron chi connectivity index (χ4n) is 2.99. The molecule has 2 aromatic rings. The SMILES string of the molecule is O=C(NC(CN1CCCC1)c1ccccc1)c1ccc(I)cc1. The Morgan fingerprint density at radius 2 is 1.70 bits per heavy atom. The first-order valence-electron chi connectivity index (χ1n) is 8.06. The Hall–Kier alpha value is -1.40. The van der Waals surface area contributed by atoms with E-state index in [2.05, 4.69) is 44.9 Å². The largest absolute Gasteiger partial charge is 0.344 e. The first-order valence-corrected chi connectivity index (χ1v) is 9.14. The normalized spacial score (nSPS) is 16.2. The third-order valence-electron chi connectivity index (χ3n) is 4.25. The molecule has 1 aliphatic heterocycles. The van der Waals surface area contributed by atoms with Crippen molar-refractivity contribution in [2.24, 2.45) is 0 Å². The Morgan fingerprint density at radius 3 is 2.35 bits per heavy atom. The second kappa shape index (κ2) is 7.93. The van der Waals surface area contributed by atoms with Crippen molar-refractivity contribution in [2.45, 2.75) is 18.9 Å². The molecule has 0 spiro atoms. The minimum Gasteiger partial charge on any atom is -0.344 e. The summed E-state index contributed by atoms with van der Waals surface area (Å²) in [5, 5.41) is 3.21. The van der Waals surface area contributed by atoms with Crippen LogP contribution in [0.15, 0.2) is 54.6 Å². The van der Waals surface area contributed by atoms with Gasteiger partial charge in [-0.1, -0.05) is 30.3 Å². The zero-order valence-corrected chi connectivity index (χ0v) is 15.2. The summed E-state index contributed by atoms with van der Waals surface area (Å²) in [6, 6.07) is 18.0. The highest BCUT2D eigenvalue weighted by Gasteiger charge is 2.21. The van der Waals surface area contributed by atoms with Crippen LogP contribution in [0.25, 0.3) is 0 Å². The molecule has 1 N–H and O–H groups in total. The minimum absolute atomic E-state index is 0.00514. The van der Waals surface area contributed by atoms with Gasteiger partial charge in [-0.15, -0.1) is 0 Å². The maximum atomic E-state index is 12.6. The van der Waals surface area contributed by atoms with Gasteiger partial charge < -0.3 is 10.2 Å². The lowest BCUT2D eigenvalue weighted by atomic mass is 10.1. The van der Waals surface area contributed by atoms with Crippen LogP contribution < -0.4 is 5.32 Å². The first-order chi connectivity index (χ1) is 11.2. The number of nitrogens with one attached hydrogen (secondary N) is 1. The molecular weight excluding hydrogens is 399 g/mol. The van der Waals surface area contributed by atoms with E-state index < -0.39 is 0 Å². The number of halogens is 1. The van der Waals surface area contributed by atoms with Crippen molar-refractivity contribution in [3.05, 3.63) is 69.3 Å². The molecule has 120 valence electrons. The maximum absolute atomic E-state index is 12.6. The Balaban J connectivity index is 1.74. The van der Waals surface area contributed by atoms with Gasteiger partial charge >= 0.3 is 0 Å². The molecule has 1 atom stereocenters. The lowest BCUT2D eigenvalue weighted by molar-refractivity contribution is 0.0927. The predicted molar refractivity (Wildman–Crippen MR) is 101 cm³/mol. The zero-order valence-electron chi connectivity index (χ0n) is 13.0. The number of carbonyl (C=O) groups excluding carboxylic acids is 1. The average molecular weight is 420 g/mol. The molecule has 1 aliphatic rings. The van der Waals surface area contributed by atoms with E-state index in [0.717, 1.165) is 23.2 Å². The monoisotopic (exact) mass is 420 g/mol. The van der Waals surface area contributed by atoms with Crippen molar-refractivity contribution in [3.8, 4) is 0 Å². The quantitative estimate of drug-likeness (QED) is 0.746. The fraction of sp³-hybridized carbons (Fsp3) is 0.316. The summed E-state index contributed by atoms with van der Waals surface area (Å²) in [5.41, 5.74) is 1.88. The molecule has 0 bridgehead atoms. The van der Waals surface area contributed by atoms with Crippen LogP contribution in [-0.4, -0.2) is 30.4 Å². The number of hydrogen-bond acceptors (Lipinski definition) is 2. The lowest BCUT2D eigenvalue weighted by Crippen LogP contribution is -2.37. The Morgan fingerprint density at radius 1 is 1.04 bits per heavy atom. The molecule has 1 fully saturated rings. The van der Waals surface area contributed by atoms with E-state index in [0.29, 0.717) is 5.56 Å². The lowest BCUT2D eigenvalue weighted by Gasteiger charge is -2.25. The molecule has 0 aromatic heterocycles. The van der Waals surface area contributed by atoms with Crippen molar-refractivity contribution in [3.63, 3.8) is 0 Å². The van der Waals surface area contributed by atoms with Crippen molar-refractivity contribution >= 4 is 28.5 Å². The van der Waals surface area contributed by atoms with Gasteiger partial charge in [-0.05, 0) is 78.4 Å². The number of amides is 1. The predicted octanol–water partition coefficient (Wildman–Crippen LogP) is 3.86. The molecule has 4 heteroatoms. The molecule has 1 saturated heterocycles. The second-order valence-electron chi connectivity index (χ2n) is 5.95. The van der Waals surface area contributed by atoms with Crippen LogP contribution >= 0.6 is 22.6 Å². The molecule has 1 amide bonds. The van der Waals surface area contributed by atoms with Gasteiger partial charge in [-0.2, -0.15) is 0 Å². The smallest absolute Gasteiger partial charge is 0.251 e. The second-order valence-corrected chi connectivity index (χ2v) is 7.20. The Bertz CT molecular complexity index is 636.